The molecular formula is C25H23FO5. The summed E-state index contributed by atoms with van der Waals surface area (Å²) in [6, 6.07) is 16.4. The average Bonchev–Trinajstić information content (AvgIpc) is 2.81. The van der Waals surface area contributed by atoms with Gasteiger partial charge in [-0.25, -0.2) is 4.39 Å². The van der Waals surface area contributed by atoms with Crippen molar-refractivity contribution in [1.29, 1.82) is 0 Å². The molecule has 6 heteroatoms. The van der Waals surface area contributed by atoms with Crippen LogP contribution in [0.5, 0.6) is 23.0 Å². The van der Waals surface area contributed by atoms with Gasteiger partial charge in [0.25, 0.3) is 0 Å². The van der Waals surface area contributed by atoms with Crippen molar-refractivity contribution in [2.24, 2.45) is 0 Å². The van der Waals surface area contributed by atoms with Crippen molar-refractivity contribution in [1.82, 2.24) is 0 Å². The van der Waals surface area contributed by atoms with Crippen molar-refractivity contribution in [3.63, 3.8) is 0 Å². The van der Waals surface area contributed by atoms with Crippen LogP contribution in [0.15, 0.2) is 66.7 Å². The van der Waals surface area contributed by atoms with Crippen molar-refractivity contribution in [2.45, 2.75) is 6.61 Å². The Morgan fingerprint density at radius 2 is 1.52 bits per heavy atom. The fraction of sp³-hybridized carbons (Fsp3) is 0.160. The van der Waals surface area contributed by atoms with Crippen molar-refractivity contribution in [3.05, 3.63) is 89.2 Å². The summed E-state index contributed by atoms with van der Waals surface area (Å²) in [5.41, 5.74) is 2.10. The van der Waals surface area contributed by atoms with Gasteiger partial charge in [0.15, 0.2) is 17.3 Å². The maximum Gasteiger partial charge on any atom is 0.185 e. The molecule has 31 heavy (non-hydrogen) atoms. The molecule has 0 N–H and O–H groups in total. The number of carbonyl (C=O) groups excluding carboxylic acids is 1. The first kappa shape index (κ1) is 21.9. The number of allylic oxidation sites excluding steroid dienone is 1. The number of methoxy groups -OCH3 is 3. The Hall–Kier alpha value is -3.80. The van der Waals surface area contributed by atoms with E-state index in [-0.39, 0.29) is 18.2 Å². The van der Waals surface area contributed by atoms with Crippen LogP contribution in [0.3, 0.4) is 0 Å². The summed E-state index contributed by atoms with van der Waals surface area (Å²) >= 11 is 0. The van der Waals surface area contributed by atoms with Gasteiger partial charge in [-0.1, -0.05) is 12.1 Å². The van der Waals surface area contributed by atoms with Crippen LogP contribution in [-0.2, 0) is 6.61 Å². The molecule has 0 aliphatic rings. The van der Waals surface area contributed by atoms with Crippen LogP contribution in [0.1, 0.15) is 21.5 Å². The minimum atomic E-state index is -0.323. The molecule has 0 aliphatic carbocycles. The van der Waals surface area contributed by atoms with Gasteiger partial charge in [-0.05, 0) is 66.2 Å². The van der Waals surface area contributed by atoms with Crippen molar-refractivity contribution >= 4 is 11.9 Å². The van der Waals surface area contributed by atoms with Gasteiger partial charge in [-0.15, -0.1) is 0 Å². The summed E-state index contributed by atoms with van der Waals surface area (Å²) in [5.74, 6) is 1.77. The lowest BCUT2D eigenvalue weighted by atomic mass is 10.1. The Labute approximate surface area is 180 Å². The second-order valence-corrected chi connectivity index (χ2v) is 6.58. The van der Waals surface area contributed by atoms with E-state index in [0.29, 0.717) is 28.6 Å². The molecule has 3 aromatic rings. The molecular weight excluding hydrogens is 399 g/mol. The maximum absolute atomic E-state index is 13.1. The van der Waals surface area contributed by atoms with Crippen LogP contribution in [0.4, 0.5) is 4.39 Å². The zero-order chi connectivity index (χ0) is 22.2. The van der Waals surface area contributed by atoms with E-state index in [2.05, 4.69) is 0 Å². The van der Waals surface area contributed by atoms with E-state index in [0.717, 1.165) is 11.1 Å². The number of ether oxygens (including phenoxy) is 4. The number of hydrogen-bond acceptors (Lipinski definition) is 5. The molecule has 0 radical (unpaired) electrons. The van der Waals surface area contributed by atoms with E-state index in [1.54, 1.807) is 50.6 Å². The standard InChI is InChI=1S/C25H23FO5/c1-28-23-12-5-17(14-19(23)16-31-21-9-7-20(26)8-10-21)4-11-22(27)18-6-13-24(29-2)25(15-18)30-3/h4-15H,16H2,1-3H3/b11-4+. The van der Waals surface area contributed by atoms with E-state index in [4.69, 9.17) is 18.9 Å². The lowest BCUT2D eigenvalue weighted by Gasteiger charge is -2.11. The molecule has 0 bridgehead atoms. The first-order valence-corrected chi connectivity index (χ1v) is 9.53. The zero-order valence-corrected chi connectivity index (χ0v) is 17.6. The molecule has 0 saturated carbocycles. The van der Waals surface area contributed by atoms with Crippen molar-refractivity contribution in [2.75, 3.05) is 21.3 Å². The molecule has 3 aromatic carbocycles. The van der Waals surface area contributed by atoms with Crippen molar-refractivity contribution < 1.29 is 28.1 Å². The second-order valence-electron chi connectivity index (χ2n) is 6.58. The Kier molecular flexibility index (Phi) is 7.27. The quantitative estimate of drug-likeness (QED) is 0.345. The molecule has 0 spiro atoms. The maximum atomic E-state index is 13.1. The highest BCUT2D eigenvalue weighted by Gasteiger charge is 2.09. The normalized spacial score (nSPS) is 10.7. The highest BCUT2D eigenvalue weighted by atomic mass is 19.1. The molecule has 5 nitrogen and oxygen atoms in total. The van der Waals surface area contributed by atoms with Gasteiger partial charge in [0.2, 0.25) is 0 Å². The van der Waals surface area contributed by atoms with Gasteiger partial charge >= 0.3 is 0 Å². The number of benzene rings is 3. The Balaban J connectivity index is 1.75. The van der Waals surface area contributed by atoms with E-state index >= 15 is 0 Å². The van der Waals surface area contributed by atoms with Crippen LogP contribution < -0.4 is 18.9 Å². The zero-order valence-electron chi connectivity index (χ0n) is 17.6. The topological polar surface area (TPSA) is 54.0 Å². The number of ketones is 1. The predicted octanol–water partition coefficient (Wildman–Crippen LogP) is 5.33. The van der Waals surface area contributed by atoms with E-state index in [9.17, 15) is 9.18 Å². The lowest BCUT2D eigenvalue weighted by Crippen LogP contribution is -2.00. The molecule has 0 aromatic heterocycles. The van der Waals surface area contributed by atoms with Gasteiger partial charge < -0.3 is 18.9 Å². The molecule has 0 amide bonds. The van der Waals surface area contributed by atoms with Crippen molar-refractivity contribution in [3.8, 4) is 23.0 Å². The molecule has 160 valence electrons. The molecule has 0 fully saturated rings. The number of halogens is 1. The Morgan fingerprint density at radius 3 is 2.19 bits per heavy atom. The first-order valence-electron chi connectivity index (χ1n) is 9.53. The molecule has 3 rings (SSSR count). The minimum absolute atomic E-state index is 0.166. The fourth-order valence-corrected chi connectivity index (χ4v) is 2.96. The van der Waals surface area contributed by atoms with Gasteiger partial charge in [0, 0.05) is 11.1 Å². The van der Waals surface area contributed by atoms with E-state index < -0.39 is 0 Å². The van der Waals surface area contributed by atoms with Crippen LogP contribution in [0.25, 0.3) is 6.08 Å². The third kappa shape index (κ3) is 5.63. The molecule has 0 heterocycles. The van der Waals surface area contributed by atoms with E-state index in [1.807, 2.05) is 18.2 Å². The Morgan fingerprint density at radius 1 is 0.839 bits per heavy atom. The van der Waals surface area contributed by atoms with Crippen LogP contribution >= 0.6 is 0 Å². The highest BCUT2D eigenvalue weighted by molar-refractivity contribution is 6.07. The Bertz CT molecular complexity index is 1070. The average molecular weight is 422 g/mol. The summed E-state index contributed by atoms with van der Waals surface area (Å²) in [6.45, 7) is 0.236. The molecule has 0 saturated heterocycles. The third-order valence-corrected chi connectivity index (χ3v) is 4.61. The monoisotopic (exact) mass is 422 g/mol. The summed E-state index contributed by atoms with van der Waals surface area (Å²) in [4.78, 5) is 12.6. The summed E-state index contributed by atoms with van der Waals surface area (Å²) < 4.78 is 34.6. The van der Waals surface area contributed by atoms with Gasteiger partial charge in [-0.3, -0.25) is 4.79 Å². The fourth-order valence-electron chi connectivity index (χ4n) is 2.96. The smallest absolute Gasteiger partial charge is 0.185 e. The van der Waals surface area contributed by atoms with Gasteiger partial charge in [0.1, 0.15) is 23.9 Å². The van der Waals surface area contributed by atoms with Crippen LogP contribution in [-0.4, -0.2) is 27.1 Å². The molecule has 0 aliphatic heterocycles. The number of carbonyl (C=O) groups is 1. The SMILES string of the molecule is COc1ccc(/C=C/C(=O)c2ccc(OC)c(OC)c2)cc1COc1ccc(F)cc1. The molecule has 0 unspecified atom stereocenters. The summed E-state index contributed by atoms with van der Waals surface area (Å²) in [5, 5.41) is 0. The number of hydrogen-bond donors (Lipinski definition) is 0. The van der Waals surface area contributed by atoms with Gasteiger partial charge in [-0.2, -0.15) is 0 Å². The van der Waals surface area contributed by atoms with E-state index in [1.165, 1.54) is 25.3 Å². The number of rotatable bonds is 9. The third-order valence-electron chi connectivity index (χ3n) is 4.61. The largest absolute Gasteiger partial charge is 0.496 e. The van der Waals surface area contributed by atoms with Gasteiger partial charge in [0.05, 0.1) is 21.3 Å². The summed E-state index contributed by atoms with van der Waals surface area (Å²) in [6.07, 6.45) is 3.22. The molecule has 0 atom stereocenters. The summed E-state index contributed by atoms with van der Waals surface area (Å²) in [7, 11) is 4.64. The predicted molar refractivity (Wildman–Crippen MR) is 117 cm³/mol. The lowest BCUT2D eigenvalue weighted by molar-refractivity contribution is 0.104. The second kappa shape index (κ2) is 10.3. The minimum Gasteiger partial charge on any atom is -0.496 e. The van der Waals surface area contributed by atoms with Crippen LogP contribution in [0.2, 0.25) is 0 Å². The highest BCUT2D eigenvalue weighted by Crippen LogP contribution is 2.28. The van der Waals surface area contributed by atoms with Crippen LogP contribution in [0, 0.1) is 5.82 Å². The first-order chi connectivity index (χ1) is 15.0.